The number of carboxylic acid groups (broad SMARTS) is 1. The van der Waals surface area contributed by atoms with E-state index >= 15 is 0 Å². The molecule has 1 aliphatic carbocycles. The minimum Gasteiger partial charge on any atom is -0.481 e. The summed E-state index contributed by atoms with van der Waals surface area (Å²) in [5.74, 6) is -0.451. The summed E-state index contributed by atoms with van der Waals surface area (Å²) in [7, 11) is 1.54. The molecule has 1 fully saturated rings. The van der Waals surface area contributed by atoms with Crippen LogP contribution in [0.25, 0.3) is 0 Å². The van der Waals surface area contributed by atoms with Crippen LogP contribution in [0.3, 0.4) is 0 Å². The third-order valence-corrected chi connectivity index (χ3v) is 8.34. The van der Waals surface area contributed by atoms with Crippen LogP contribution in [0.2, 0.25) is 0 Å². The lowest BCUT2D eigenvalue weighted by Crippen LogP contribution is -2.34. The maximum absolute atomic E-state index is 14.1. The molecule has 246 valence electrons. The van der Waals surface area contributed by atoms with Gasteiger partial charge in [0.25, 0.3) is 5.95 Å². The van der Waals surface area contributed by atoms with Gasteiger partial charge in [0, 0.05) is 38.3 Å². The first-order chi connectivity index (χ1) is 21.0. The maximum Gasteiger partial charge on any atom is 0.416 e. The fraction of sp³-hybridized carbons (Fsp3) is 0.548. The SMILES string of the molecule is CCN(CC1CCC(CC(=O)O)CC1)c1cc(C(F)(F)F)c(C)cc1CN(Cc1cc(C)cc(C(F)(F)F)c1)c1nnn(C)n1. The van der Waals surface area contributed by atoms with E-state index in [-0.39, 0.29) is 42.9 Å². The topological polar surface area (TPSA) is 87.4 Å². The molecule has 0 atom stereocenters. The monoisotopic (exact) mass is 640 g/mol. The fourth-order valence-electron chi connectivity index (χ4n) is 6.20. The van der Waals surface area contributed by atoms with E-state index in [9.17, 15) is 31.1 Å². The van der Waals surface area contributed by atoms with Crippen molar-refractivity contribution in [2.24, 2.45) is 18.9 Å². The second-order valence-electron chi connectivity index (χ2n) is 12.0. The van der Waals surface area contributed by atoms with Gasteiger partial charge in [-0.25, -0.2) is 0 Å². The molecular weight excluding hydrogens is 602 g/mol. The van der Waals surface area contributed by atoms with Crippen molar-refractivity contribution in [1.29, 1.82) is 0 Å². The van der Waals surface area contributed by atoms with Gasteiger partial charge in [-0.05, 0) is 98.4 Å². The Balaban J connectivity index is 1.71. The molecule has 0 amide bonds. The Kier molecular flexibility index (Phi) is 10.3. The van der Waals surface area contributed by atoms with Crippen molar-refractivity contribution in [3.8, 4) is 0 Å². The van der Waals surface area contributed by atoms with E-state index in [1.165, 1.54) is 17.8 Å². The Morgan fingerprint density at radius 3 is 2.16 bits per heavy atom. The molecule has 1 heterocycles. The lowest BCUT2D eigenvalue weighted by molar-refractivity contribution is -0.139. The zero-order valence-electron chi connectivity index (χ0n) is 25.7. The Morgan fingerprint density at radius 2 is 1.60 bits per heavy atom. The molecule has 8 nitrogen and oxygen atoms in total. The highest BCUT2D eigenvalue weighted by atomic mass is 19.4. The number of aliphatic carboxylic acids is 1. The molecule has 1 aromatic heterocycles. The Hall–Kier alpha value is -3.84. The summed E-state index contributed by atoms with van der Waals surface area (Å²) in [5, 5.41) is 21.3. The number of anilines is 2. The van der Waals surface area contributed by atoms with E-state index in [2.05, 4.69) is 15.4 Å². The smallest absolute Gasteiger partial charge is 0.416 e. The number of hydrogen-bond acceptors (Lipinski definition) is 6. The second kappa shape index (κ2) is 13.7. The predicted molar refractivity (Wildman–Crippen MR) is 157 cm³/mol. The van der Waals surface area contributed by atoms with Crippen molar-refractivity contribution in [2.75, 3.05) is 22.9 Å². The Bertz CT molecular complexity index is 1480. The van der Waals surface area contributed by atoms with Crippen LogP contribution < -0.4 is 9.80 Å². The summed E-state index contributed by atoms with van der Waals surface area (Å²) in [5.41, 5.74) is 0.121. The van der Waals surface area contributed by atoms with E-state index in [1.54, 1.807) is 24.9 Å². The number of tetrazole rings is 1. The molecule has 45 heavy (non-hydrogen) atoms. The molecule has 0 radical (unpaired) electrons. The summed E-state index contributed by atoms with van der Waals surface area (Å²) in [6.45, 7) is 5.68. The number of hydrogen-bond donors (Lipinski definition) is 1. The molecular formula is C31H38F6N6O2. The van der Waals surface area contributed by atoms with Gasteiger partial charge < -0.3 is 14.9 Å². The van der Waals surface area contributed by atoms with E-state index < -0.39 is 29.4 Å². The lowest BCUT2D eigenvalue weighted by Gasteiger charge is -2.35. The third kappa shape index (κ3) is 8.88. The molecule has 1 aliphatic rings. The number of rotatable bonds is 11. The number of aromatic nitrogens is 4. The number of benzene rings is 2. The Labute approximate surface area is 258 Å². The molecule has 14 heteroatoms. The molecule has 0 unspecified atom stereocenters. The quantitative estimate of drug-likeness (QED) is 0.222. The fourth-order valence-corrected chi connectivity index (χ4v) is 6.20. The number of carbonyl (C=O) groups is 1. The number of halogens is 6. The van der Waals surface area contributed by atoms with E-state index in [4.69, 9.17) is 5.11 Å². The highest BCUT2D eigenvalue weighted by molar-refractivity contribution is 5.67. The van der Waals surface area contributed by atoms with Crippen LogP contribution in [-0.4, -0.2) is 44.4 Å². The molecule has 0 saturated heterocycles. The van der Waals surface area contributed by atoms with Crippen molar-refractivity contribution in [2.45, 2.75) is 78.3 Å². The van der Waals surface area contributed by atoms with Crippen LogP contribution in [0.4, 0.5) is 38.0 Å². The van der Waals surface area contributed by atoms with Crippen molar-refractivity contribution in [3.63, 3.8) is 0 Å². The van der Waals surface area contributed by atoms with E-state index in [1.807, 2.05) is 11.8 Å². The number of carboxylic acids is 1. The van der Waals surface area contributed by atoms with Gasteiger partial charge in [-0.15, -0.1) is 5.10 Å². The molecule has 3 aromatic rings. The summed E-state index contributed by atoms with van der Waals surface area (Å²) in [4.78, 5) is 15.9. The zero-order chi connectivity index (χ0) is 33.1. The van der Waals surface area contributed by atoms with Crippen LogP contribution in [-0.2, 0) is 37.3 Å². The molecule has 0 aliphatic heterocycles. The second-order valence-corrected chi connectivity index (χ2v) is 12.0. The normalized spacial score (nSPS) is 17.4. The van der Waals surface area contributed by atoms with Crippen LogP contribution in [0.15, 0.2) is 30.3 Å². The summed E-state index contributed by atoms with van der Waals surface area (Å²) >= 11 is 0. The average Bonchev–Trinajstić information content (AvgIpc) is 3.37. The van der Waals surface area contributed by atoms with Gasteiger partial charge in [0.05, 0.1) is 18.2 Å². The van der Waals surface area contributed by atoms with Crippen molar-refractivity contribution in [1.82, 2.24) is 20.2 Å². The van der Waals surface area contributed by atoms with Crippen LogP contribution >= 0.6 is 0 Å². The van der Waals surface area contributed by atoms with Gasteiger partial charge in [0.2, 0.25) is 0 Å². The van der Waals surface area contributed by atoms with Crippen molar-refractivity contribution >= 4 is 17.6 Å². The highest BCUT2D eigenvalue weighted by Gasteiger charge is 2.35. The Morgan fingerprint density at radius 1 is 0.933 bits per heavy atom. The first kappa shape index (κ1) is 34.0. The standard InChI is InChI=1S/C31H38F6N6O2/c1-5-42(16-22-8-6-21(7-9-22)14-28(44)45)27-15-26(31(35,36)37)20(3)12-24(27)18-43(29-38-40-41(4)39-29)17-23-10-19(2)11-25(13-23)30(32,33)34/h10-13,15,21-22H,5-9,14,16-18H2,1-4H3,(H,44,45). The van der Waals surface area contributed by atoms with Gasteiger partial charge in [-0.2, -0.15) is 31.1 Å². The molecule has 0 bridgehead atoms. The van der Waals surface area contributed by atoms with E-state index in [0.717, 1.165) is 43.9 Å². The first-order valence-electron chi connectivity index (χ1n) is 14.9. The molecule has 1 N–H and O–H groups in total. The molecule has 4 rings (SSSR count). The number of nitrogens with zero attached hydrogens (tertiary/aromatic N) is 6. The average molecular weight is 641 g/mol. The molecule has 2 aromatic carbocycles. The van der Waals surface area contributed by atoms with Crippen molar-refractivity contribution < 1.29 is 36.2 Å². The van der Waals surface area contributed by atoms with Crippen LogP contribution in [0, 0.1) is 25.7 Å². The van der Waals surface area contributed by atoms with Gasteiger partial charge >= 0.3 is 18.3 Å². The van der Waals surface area contributed by atoms with Crippen molar-refractivity contribution in [3.05, 3.63) is 63.7 Å². The lowest BCUT2D eigenvalue weighted by atomic mass is 9.80. The van der Waals surface area contributed by atoms with E-state index in [0.29, 0.717) is 35.5 Å². The van der Waals surface area contributed by atoms with Crippen LogP contribution in [0.5, 0.6) is 0 Å². The van der Waals surface area contributed by atoms with Gasteiger partial charge in [0.15, 0.2) is 0 Å². The first-order valence-corrected chi connectivity index (χ1v) is 14.9. The minimum atomic E-state index is -4.59. The number of aryl methyl sites for hydroxylation is 3. The molecule has 1 saturated carbocycles. The summed E-state index contributed by atoms with van der Waals surface area (Å²) < 4.78 is 83.2. The maximum atomic E-state index is 14.1. The largest absolute Gasteiger partial charge is 0.481 e. The zero-order valence-corrected chi connectivity index (χ0v) is 25.7. The number of alkyl halides is 6. The molecule has 0 spiro atoms. The van der Waals surface area contributed by atoms with Crippen LogP contribution in [0.1, 0.15) is 72.4 Å². The predicted octanol–water partition coefficient (Wildman–Crippen LogP) is 7.18. The third-order valence-electron chi connectivity index (χ3n) is 8.34. The van der Waals surface area contributed by atoms with Gasteiger partial charge in [0.1, 0.15) is 0 Å². The van der Waals surface area contributed by atoms with Gasteiger partial charge in [-0.3, -0.25) is 4.79 Å². The summed E-state index contributed by atoms with van der Waals surface area (Å²) in [6, 6.07) is 6.36. The van der Waals surface area contributed by atoms with Gasteiger partial charge in [-0.1, -0.05) is 22.8 Å². The highest BCUT2D eigenvalue weighted by Crippen LogP contribution is 2.39. The summed E-state index contributed by atoms with van der Waals surface area (Å²) in [6.07, 6.45) is -6.01. The minimum absolute atomic E-state index is 0.0111.